The van der Waals surface area contributed by atoms with Crippen molar-refractivity contribution in [2.75, 3.05) is 13.2 Å². The zero-order valence-corrected chi connectivity index (χ0v) is 13.2. The largest absolute Gasteiger partial charge is 0.444 e. The van der Waals surface area contributed by atoms with E-state index in [2.05, 4.69) is 10.6 Å². The fraction of sp³-hybridized carbons (Fsp3) is 0.923. The van der Waals surface area contributed by atoms with Crippen molar-refractivity contribution in [1.29, 1.82) is 0 Å². The Balaban J connectivity index is 4.13. The topological polar surface area (TPSA) is 100 Å². The maximum absolute atomic E-state index is 11.5. The van der Waals surface area contributed by atoms with E-state index in [1.165, 1.54) is 0 Å². The molecule has 120 valence electrons. The average Bonchev–Trinajstić information content (AvgIpc) is 2.18. The maximum Gasteiger partial charge on any atom is 0.407 e. The maximum atomic E-state index is 11.5. The summed E-state index contributed by atoms with van der Waals surface area (Å²) in [4.78, 5) is 11.5. The van der Waals surface area contributed by atoms with Gasteiger partial charge in [-0.3, -0.25) is 5.32 Å². The summed E-state index contributed by atoms with van der Waals surface area (Å²) in [7, 11) is 0. The summed E-state index contributed by atoms with van der Waals surface area (Å²) in [6.07, 6.45) is -1.80. The molecule has 0 saturated carbocycles. The molecule has 2 atom stereocenters. The second-order valence-corrected chi connectivity index (χ2v) is 6.52. The number of alkyl carbamates (subject to hydrolysis) is 1. The SMILES string of the molecule is CC(C)(C)OC(=O)N[C@H](CO)CN[C@H](O)OC(C)(C)C. The van der Waals surface area contributed by atoms with E-state index >= 15 is 0 Å². The molecule has 1 amide bonds. The van der Waals surface area contributed by atoms with E-state index in [4.69, 9.17) is 9.47 Å². The Labute approximate surface area is 120 Å². The van der Waals surface area contributed by atoms with Crippen LogP contribution in [0.4, 0.5) is 4.79 Å². The molecule has 20 heavy (non-hydrogen) atoms. The summed E-state index contributed by atoms with van der Waals surface area (Å²) in [5.41, 5.74) is -1.11. The van der Waals surface area contributed by atoms with Gasteiger partial charge in [-0.15, -0.1) is 0 Å². The number of hydrogen-bond donors (Lipinski definition) is 4. The Kier molecular flexibility index (Phi) is 7.43. The van der Waals surface area contributed by atoms with Crippen LogP contribution in [0.3, 0.4) is 0 Å². The first-order valence-corrected chi connectivity index (χ1v) is 6.62. The lowest BCUT2D eigenvalue weighted by Crippen LogP contribution is -2.49. The van der Waals surface area contributed by atoms with Crippen LogP contribution in [0.2, 0.25) is 0 Å². The summed E-state index contributed by atoms with van der Waals surface area (Å²) < 4.78 is 10.3. The molecule has 0 fully saturated rings. The second kappa shape index (κ2) is 7.78. The van der Waals surface area contributed by atoms with E-state index in [-0.39, 0.29) is 13.2 Å². The monoisotopic (exact) mass is 292 g/mol. The van der Waals surface area contributed by atoms with Gasteiger partial charge in [0, 0.05) is 6.54 Å². The van der Waals surface area contributed by atoms with Crippen LogP contribution in [-0.2, 0) is 9.47 Å². The van der Waals surface area contributed by atoms with Gasteiger partial charge in [-0.25, -0.2) is 4.79 Å². The minimum atomic E-state index is -1.18. The Morgan fingerprint density at radius 2 is 1.70 bits per heavy atom. The molecule has 0 spiro atoms. The predicted octanol–water partition coefficient (Wildman–Crippen LogP) is 0.553. The first-order valence-electron chi connectivity index (χ1n) is 6.62. The normalized spacial score (nSPS) is 15.6. The predicted molar refractivity (Wildman–Crippen MR) is 75.1 cm³/mol. The van der Waals surface area contributed by atoms with Gasteiger partial charge in [-0.05, 0) is 41.5 Å². The summed E-state index contributed by atoms with van der Waals surface area (Å²) in [5.74, 6) is 0. The Bertz CT molecular complexity index is 296. The van der Waals surface area contributed by atoms with E-state index in [0.717, 1.165) is 0 Å². The quantitative estimate of drug-likeness (QED) is 0.534. The van der Waals surface area contributed by atoms with Crippen molar-refractivity contribution in [3.8, 4) is 0 Å². The molecule has 7 nitrogen and oxygen atoms in total. The van der Waals surface area contributed by atoms with Crippen molar-refractivity contribution in [3.63, 3.8) is 0 Å². The highest BCUT2D eigenvalue weighted by molar-refractivity contribution is 5.68. The molecule has 0 aliphatic heterocycles. The van der Waals surface area contributed by atoms with Crippen LogP contribution in [0.25, 0.3) is 0 Å². The minimum Gasteiger partial charge on any atom is -0.444 e. The summed E-state index contributed by atoms with van der Waals surface area (Å²) in [6.45, 7) is 10.5. The van der Waals surface area contributed by atoms with Gasteiger partial charge in [-0.2, -0.15) is 0 Å². The molecule has 0 aromatic rings. The summed E-state index contributed by atoms with van der Waals surface area (Å²) in [5, 5.41) is 23.9. The molecule has 0 heterocycles. The fourth-order valence-corrected chi connectivity index (χ4v) is 1.26. The molecule has 0 radical (unpaired) electrons. The van der Waals surface area contributed by atoms with Gasteiger partial charge in [0.25, 0.3) is 0 Å². The number of carbonyl (C=O) groups is 1. The van der Waals surface area contributed by atoms with Crippen molar-refractivity contribution in [2.45, 2.75) is 65.2 Å². The highest BCUT2D eigenvalue weighted by Crippen LogP contribution is 2.08. The number of amides is 1. The summed E-state index contributed by atoms with van der Waals surface area (Å²) >= 11 is 0. The lowest BCUT2D eigenvalue weighted by molar-refractivity contribution is -0.181. The zero-order valence-electron chi connectivity index (χ0n) is 13.2. The number of carbonyl (C=O) groups excluding carboxylic acids is 1. The van der Waals surface area contributed by atoms with Gasteiger partial charge in [0.1, 0.15) is 5.60 Å². The van der Waals surface area contributed by atoms with E-state index < -0.39 is 29.8 Å². The molecule has 0 saturated heterocycles. The van der Waals surface area contributed by atoms with Crippen LogP contribution < -0.4 is 10.6 Å². The molecular weight excluding hydrogens is 264 g/mol. The van der Waals surface area contributed by atoms with E-state index in [1.54, 1.807) is 41.5 Å². The highest BCUT2D eigenvalue weighted by Gasteiger charge is 2.21. The highest BCUT2D eigenvalue weighted by atomic mass is 16.6. The van der Waals surface area contributed by atoms with Crippen molar-refractivity contribution < 1.29 is 24.5 Å². The molecule has 4 N–H and O–H groups in total. The van der Waals surface area contributed by atoms with E-state index in [0.29, 0.717) is 0 Å². The molecule has 0 aromatic carbocycles. The van der Waals surface area contributed by atoms with Crippen LogP contribution in [0.15, 0.2) is 0 Å². The van der Waals surface area contributed by atoms with Gasteiger partial charge >= 0.3 is 6.09 Å². The molecular formula is C13H28N2O5. The standard InChI is InChI=1S/C13H28N2O5/c1-12(2,3)19-10(17)14-7-9(8-16)15-11(18)20-13(4,5)6/h9-10,14,16-17H,7-8H2,1-6H3,(H,15,18)/t9-,10+/m0/s1. The van der Waals surface area contributed by atoms with Gasteiger partial charge in [0.15, 0.2) is 0 Å². The Hall–Kier alpha value is -0.890. The number of nitrogens with one attached hydrogen (secondary N) is 2. The lowest BCUT2D eigenvalue weighted by atomic mass is 10.2. The third kappa shape index (κ3) is 11.0. The van der Waals surface area contributed by atoms with Gasteiger partial charge in [-0.1, -0.05) is 0 Å². The van der Waals surface area contributed by atoms with E-state index in [9.17, 15) is 15.0 Å². The third-order valence-electron chi connectivity index (χ3n) is 1.95. The van der Waals surface area contributed by atoms with Gasteiger partial charge < -0.3 is 25.0 Å². The number of aliphatic hydroxyl groups excluding tert-OH is 2. The molecule has 0 aliphatic rings. The first-order chi connectivity index (χ1) is 8.93. The lowest BCUT2D eigenvalue weighted by Gasteiger charge is -2.26. The third-order valence-corrected chi connectivity index (χ3v) is 1.95. The second-order valence-electron chi connectivity index (χ2n) is 6.52. The molecule has 0 unspecified atom stereocenters. The van der Waals surface area contributed by atoms with E-state index in [1.807, 2.05) is 0 Å². The first kappa shape index (κ1) is 19.1. The minimum absolute atomic E-state index is 0.146. The van der Waals surface area contributed by atoms with Crippen LogP contribution >= 0.6 is 0 Å². The van der Waals surface area contributed by atoms with Crippen molar-refractivity contribution >= 4 is 6.09 Å². The van der Waals surface area contributed by atoms with Crippen LogP contribution in [0.5, 0.6) is 0 Å². The molecule has 0 aliphatic carbocycles. The fourth-order valence-electron chi connectivity index (χ4n) is 1.26. The van der Waals surface area contributed by atoms with Gasteiger partial charge in [0.05, 0.1) is 18.2 Å². The number of aliphatic hydroxyl groups is 2. The van der Waals surface area contributed by atoms with Crippen LogP contribution in [0, 0.1) is 0 Å². The Morgan fingerprint density at radius 3 is 2.10 bits per heavy atom. The number of ether oxygens (including phenoxy) is 2. The molecule has 0 bridgehead atoms. The number of rotatable bonds is 6. The average molecular weight is 292 g/mol. The smallest absolute Gasteiger partial charge is 0.407 e. The molecule has 0 aromatic heterocycles. The molecule has 0 rings (SSSR count). The van der Waals surface area contributed by atoms with Crippen LogP contribution in [0.1, 0.15) is 41.5 Å². The number of hydrogen-bond acceptors (Lipinski definition) is 6. The van der Waals surface area contributed by atoms with Crippen molar-refractivity contribution in [2.24, 2.45) is 0 Å². The van der Waals surface area contributed by atoms with Crippen molar-refractivity contribution in [3.05, 3.63) is 0 Å². The van der Waals surface area contributed by atoms with Gasteiger partial charge in [0.2, 0.25) is 6.41 Å². The Morgan fingerprint density at radius 1 is 1.15 bits per heavy atom. The van der Waals surface area contributed by atoms with Crippen molar-refractivity contribution in [1.82, 2.24) is 10.6 Å². The zero-order chi connectivity index (χ0) is 16.0. The van der Waals surface area contributed by atoms with Crippen LogP contribution in [-0.4, -0.2) is 53.1 Å². The summed E-state index contributed by atoms with van der Waals surface area (Å²) in [6, 6.07) is -0.580. The molecule has 7 heteroatoms.